The first-order valence-corrected chi connectivity index (χ1v) is 12.6. The minimum atomic E-state index is -0.352. The smallest absolute Gasteiger partial charge is 0.315 e. The van der Waals surface area contributed by atoms with Gasteiger partial charge in [-0.3, -0.25) is 4.79 Å². The van der Waals surface area contributed by atoms with E-state index in [0.29, 0.717) is 35.2 Å². The van der Waals surface area contributed by atoms with Gasteiger partial charge in [-0.2, -0.15) is 5.10 Å². The first-order chi connectivity index (χ1) is 17.4. The number of nitrogens with zero attached hydrogens (tertiary/aromatic N) is 3. The van der Waals surface area contributed by atoms with E-state index in [4.69, 9.17) is 16.7 Å². The predicted molar refractivity (Wildman–Crippen MR) is 148 cm³/mol. The molecule has 7 nitrogen and oxygen atoms in total. The lowest BCUT2D eigenvalue weighted by molar-refractivity contribution is -0.116. The van der Waals surface area contributed by atoms with Gasteiger partial charge >= 0.3 is 6.03 Å². The quantitative estimate of drug-likeness (QED) is 0.245. The van der Waals surface area contributed by atoms with E-state index in [-0.39, 0.29) is 18.5 Å². The lowest BCUT2D eigenvalue weighted by Gasteiger charge is -2.22. The van der Waals surface area contributed by atoms with Crippen molar-refractivity contribution in [3.63, 3.8) is 0 Å². The fraction of sp³-hybridized carbons (Fsp3) is 0.148. The van der Waals surface area contributed by atoms with Gasteiger partial charge in [-0.1, -0.05) is 61.0 Å². The molecule has 2 N–H and O–H groups in total. The second-order valence-electron chi connectivity index (χ2n) is 8.05. The molecule has 0 aliphatic carbocycles. The summed E-state index contributed by atoms with van der Waals surface area (Å²) in [6.07, 6.45) is 0.706. The summed E-state index contributed by atoms with van der Waals surface area (Å²) >= 11 is 9.50. The van der Waals surface area contributed by atoms with Gasteiger partial charge in [0, 0.05) is 27.7 Å². The molecule has 0 radical (unpaired) electrons. The second kappa shape index (κ2) is 11.9. The number of carbonyl (C=O) groups excluding carboxylic acids is 2. The van der Waals surface area contributed by atoms with Crippen molar-refractivity contribution in [3.8, 4) is 16.9 Å². The molecular formula is C27H25BrClN5O2. The van der Waals surface area contributed by atoms with E-state index in [2.05, 4.69) is 26.6 Å². The Kier molecular flexibility index (Phi) is 8.40. The summed E-state index contributed by atoms with van der Waals surface area (Å²) in [5, 5.41) is 11.1. The van der Waals surface area contributed by atoms with Crippen LogP contribution in [0.3, 0.4) is 0 Å². The van der Waals surface area contributed by atoms with Gasteiger partial charge in [-0.05, 0) is 58.7 Å². The number of halogens is 2. The van der Waals surface area contributed by atoms with Crippen LogP contribution in [0.5, 0.6) is 0 Å². The number of hydrogen-bond acceptors (Lipinski definition) is 3. The van der Waals surface area contributed by atoms with Crippen LogP contribution in [0.25, 0.3) is 16.9 Å². The van der Waals surface area contributed by atoms with Crippen LogP contribution in [0.4, 0.5) is 16.3 Å². The number of carbonyl (C=O) groups is 2. The Bertz CT molecular complexity index is 1340. The van der Waals surface area contributed by atoms with Gasteiger partial charge in [0.1, 0.15) is 12.4 Å². The molecule has 36 heavy (non-hydrogen) atoms. The zero-order chi connectivity index (χ0) is 25.5. The van der Waals surface area contributed by atoms with Gasteiger partial charge in [-0.15, -0.1) is 0 Å². The summed E-state index contributed by atoms with van der Waals surface area (Å²) in [5.74, 6) is 0.157. The van der Waals surface area contributed by atoms with Crippen molar-refractivity contribution < 1.29 is 9.59 Å². The van der Waals surface area contributed by atoms with Crippen molar-refractivity contribution in [1.29, 1.82) is 0 Å². The minimum Gasteiger partial charge on any atom is -0.315 e. The van der Waals surface area contributed by atoms with Crippen LogP contribution < -0.4 is 10.6 Å². The number of benzene rings is 3. The molecule has 184 valence electrons. The molecule has 0 aliphatic heterocycles. The number of para-hydroxylation sites is 1. The first-order valence-electron chi connectivity index (χ1n) is 11.5. The number of anilines is 2. The fourth-order valence-electron chi connectivity index (χ4n) is 3.63. The molecule has 4 aromatic rings. The van der Waals surface area contributed by atoms with Gasteiger partial charge in [0.25, 0.3) is 0 Å². The highest BCUT2D eigenvalue weighted by Gasteiger charge is 2.20. The molecule has 3 aromatic carbocycles. The molecule has 0 saturated carbocycles. The van der Waals surface area contributed by atoms with E-state index < -0.39 is 0 Å². The number of hydrogen-bond donors (Lipinski definition) is 2. The van der Waals surface area contributed by atoms with Crippen LogP contribution in [-0.4, -0.2) is 39.7 Å². The Morgan fingerprint density at radius 3 is 2.36 bits per heavy atom. The lowest BCUT2D eigenvalue weighted by Crippen LogP contribution is -2.41. The first kappa shape index (κ1) is 25.5. The van der Waals surface area contributed by atoms with Gasteiger partial charge in [0.2, 0.25) is 5.91 Å². The number of aromatic nitrogens is 2. The maximum Gasteiger partial charge on any atom is 0.322 e. The predicted octanol–water partition coefficient (Wildman–Crippen LogP) is 6.84. The number of nitrogens with one attached hydrogen (secondary N) is 2. The summed E-state index contributed by atoms with van der Waals surface area (Å²) in [5.41, 5.74) is 3.00. The average molecular weight is 567 g/mol. The monoisotopic (exact) mass is 565 g/mol. The van der Waals surface area contributed by atoms with E-state index in [9.17, 15) is 9.59 Å². The lowest BCUT2D eigenvalue weighted by atomic mass is 10.1. The Morgan fingerprint density at radius 1 is 0.972 bits per heavy atom. The summed E-state index contributed by atoms with van der Waals surface area (Å²) in [4.78, 5) is 27.5. The molecule has 0 unspecified atom stereocenters. The third-order valence-electron chi connectivity index (χ3n) is 5.35. The topological polar surface area (TPSA) is 79.3 Å². The molecule has 0 bridgehead atoms. The van der Waals surface area contributed by atoms with E-state index >= 15 is 0 Å². The molecule has 4 rings (SSSR count). The number of amides is 3. The average Bonchev–Trinajstić information content (AvgIpc) is 3.29. The van der Waals surface area contributed by atoms with Gasteiger partial charge in [-0.25, -0.2) is 9.48 Å². The normalized spacial score (nSPS) is 10.6. The van der Waals surface area contributed by atoms with Crippen LogP contribution in [0, 0.1) is 0 Å². The zero-order valence-electron chi connectivity index (χ0n) is 19.6. The molecule has 3 amide bonds. The molecule has 0 spiro atoms. The molecular weight excluding hydrogens is 542 g/mol. The molecule has 1 heterocycles. The summed E-state index contributed by atoms with van der Waals surface area (Å²) in [6.45, 7) is 2.27. The Hall–Kier alpha value is -3.62. The van der Waals surface area contributed by atoms with Crippen LogP contribution >= 0.6 is 27.5 Å². The molecule has 0 aliphatic rings. The SMILES string of the molecule is CCCN(CC(=O)Nc1cc(-c2ccccc2)nn1-c1ccc(Cl)cc1)C(=O)Nc1ccccc1Br. The van der Waals surface area contributed by atoms with Crippen LogP contribution in [0.15, 0.2) is 89.4 Å². The van der Waals surface area contributed by atoms with Crippen LogP contribution in [0.1, 0.15) is 13.3 Å². The number of rotatable bonds is 8. The molecule has 9 heteroatoms. The summed E-state index contributed by atoms with van der Waals surface area (Å²) < 4.78 is 2.42. The highest BCUT2D eigenvalue weighted by molar-refractivity contribution is 9.10. The van der Waals surface area contributed by atoms with Crippen molar-refractivity contribution in [1.82, 2.24) is 14.7 Å². The van der Waals surface area contributed by atoms with Crippen molar-refractivity contribution in [2.45, 2.75) is 13.3 Å². The Morgan fingerprint density at radius 2 is 1.67 bits per heavy atom. The number of urea groups is 1. The third kappa shape index (κ3) is 6.33. The largest absolute Gasteiger partial charge is 0.322 e. The second-order valence-corrected chi connectivity index (χ2v) is 9.34. The Labute approximate surface area is 223 Å². The highest BCUT2D eigenvalue weighted by Crippen LogP contribution is 2.26. The van der Waals surface area contributed by atoms with Crippen molar-refractivity contribution >= 4 is 51.0 Å². The Balaban J connectivity index is 1.55. The zero-order valence-corrected chi connectivity index (χ0v) is 22.0. The van der Waals surface area contributed by atoms with Crippen LogP contribution in [-0.2, 0) is 4.79 Å². The van der Waals surface area contributed by atoms with Gasteiger partial charge in [0.05, 0.1) is 17.1 Å². The summed E-state index contributed by atoms with van der Waals surface area (Å²) in [7, 11) is 0. The minimum absolute atomic E-state index is 0.114. The van der Waals surface area contributed by atoms with Crippen LogP contribution in [0.2, 0.25) is 5.02 Å². The standard InChI is InChI=1S/C27H25BrClN5O2/c1-2-16-33(27(36)30-23-11-7-6-10-22(23)28)18-26(35)31-25-17-24(19-8-4-3-5-9-19)32-34(25)21-14-12-20(29)13-15-21/h3-15,17H,2,16,18H2,1H3,(H,30,36)(H,31,35). The molecule has 0 fully saturated rings. The van der Waals surface area contributed by atoms with Gasteiger partial charge in [0.15, 0.2) is 0 Å². The third-order valence-corrected chi connectivity index (χ3v) is 6.29. The fourth-order valence-corrected chi connectivity index (χ4v) is 4.14. The van der Waals surface area contributed by atoms with Gasteiger partial charge < -0.3 is 15.5 Å². The molecule has 1 aromatic heterocycles. The van der Waals surface area contributed by atoms with Crippen molar-refractivity contribution in [2.75, 3.05) is 23.7 Å². The van der Waals surface area contributed by atoms with E-state index in [1.807, 2.05) is 73.7 Å². The molecule has 0 saturated heterocycles. The maximum absolute atomic E-state index is 13.1. The molecule has 0 atom stereocenters. The van der Waals surface area contributed by atoms with E-state index in [0.717, 1.165) is 15.7 Å². The maximum atomic E-state index is 13.1. The summed E-state index contributed by atoms with van der Waals surface area (Å²) in [6, 6.07) is 25.7. The highest BCUT2D eigenvalue weighted by atomic mass is 79.9. The van der Waals surface area contributed by atoms with Crippen molar-refractivity contribution in [2.24, 2.45) is 0 Å². The van der Waals surface area contributed by atoms with Crippen molar-refractivity contribution in [3.05, 3.63) is 94.4 Å². The van der Waals surface area contributed by atoms with E-state index in [1.54, 1.807) is 22.9 Å². The van der Waals surface area contributed by atoms with E-state index in [1.165, 1.54) is 4.90 Å².